The van der Waals surface area contributed by atoms with E-state index < -0.39 is 0 Å². The number of hydrogen-bond donors (Lipinski definition) is 0. The summed E-state index contributed by atoms with van der Waals surface area (Å²) in [7, 11) is 0. The van der Waals surface area contributed by atoms with Crippen molar-refractivity contribution in [3.05, 3.63) is 48.4 Å². The topological polar surface area (TPSA) is 46.1 Å². The molecule has 0 saturated carbocycles. The zero-order valence-corrected chi connectivity index (χ0v) is 12.6. The van der Waals surface area contributed by atoms with Gasteiger partial charge < -0.3 is 4.90 Å². The van der Waals surface area contributed by atoms with Gasteiger partial charge >= 0.3 is 0 Å². The predicted molar refractivity (Wildman–Crippen MR) is 84.5 cm³/mol. The molecule has 21 heavy (non-hydrogen) atoms. The Morgan fingerprint density at radius 3 is 2.95 bits per heavy atom. The maximum atomic E-state index is 12.4. The number of amides is 1. The fourth-order valence-corrected chi connectivity index (χ4v) is 3.34. The Morgan fingerprint density at radius 1 is 1.19 bits per heavy atom. The molecule has 0 N–H and O–H groups in total. The number of fused-ring (bicyclic) bond motifs is 1. The molecule has 0 radical (unpaired) electrons. The van der Waals surface area contributed by atoms with Gasteiger partial charge in [-0.25, -0.2) is 4.98 Å². The zero-order chi connectivity index (χ0) is 14.5. The number of nitrogens with zero attached hydrogens (tertiary/aromatic N) is 3. The van der Waals surface area contributed by atoms with Crippen LogP contribution in [0.1, 0.15) is 18.5 Å². The van der Waals surface area contributed by atoms with Crippen molar-refractivity contribution in [3.63, 3.8) is 0 Å². The van der Waals surface area contributed by atoms with Crippen molar-refractivity contribution in [2.75, 3.05) is 17.2 Å². The third-order valence-electron chi connectivity index (χ3n) is 3.45. The van der Waals surface area contributed by atoms with Crippen LogP contribution in [0.15, 0.2) is 47.8 Å². The molecule has 0 aliphatic carbocycles. The summed E-state index contributed by atoms with van der Waals surface area (Å²) in [5, 5.41) is 0.960. The van der Waals surface area contributed by atoms with Gasteiger partial charge in [-0.1, -0.05) is 6.07 Å². The fraction of sp³-hybridized carbons (Fsp3) is 0.312. The van der Waals surface area contributed by atoms with Gasteiger partial charge in [-0.05, 0) is 37.1 Å². The minimum Gasteiger partial charge on any atom is -0.309 e. The van der Waals surface area contributed by atoms with Gasteiger partial charge in [0.25, 0.3) is 0 Å². The maximum Gasteiger partial charge on any atom is 0.227 e. The minimum absolute atomic E-state index is 0.181. The van der Waals surface area contributed by atoms with Gasteiger partial charge in [0.15, 0.2) is 0 Å². The number of carbonyl (C=O) groups excluding carboxylic acids is 1. The molecule has 2 aromatic heterocycles. The average molecular weight is 299 g/mol. The molecule has 0 fully saturated rings. The van der Waals surface area contributed by atoms with Crippen LogP contribution in [0.3, 0.4) is 0 Å². The van der Waals surface area contributed by atoms with Crippen molar-refractivity contribution in [2.45, 2.75) is 24.3 Å². The Balaban J connectivity index is 1.59. The van der Waals surface area contributed by atoms with Crippen molar-refractivity contribution >= 4 is 23.4 Å². The molecule has 2 aromatic rings. The van der Waals surface area contributed by atoms with Crippen LogP contribution in [-0.2, 0) is 11.2 Å². The first-order valence-electron chi connectivity index (χ1n) is 7.13. The molecule has 3 heterocycles. The largest absolute Gasteiger partial charge is 0.309 e. The molecule has 0 bridgehead atoms. The van der Waals surface area contributed by atoms with Gasteiger partial charge in [-0.3, -0.25) is 9.78 Å². The van der Waals surface area contributed by atoms with E-state index in [1.807, 2.05) is 35.2 Å². The highest BCUT2D eigenvalue weighted by Gasteiger charge is 2.22. The number of rotatable bonds is 4. The van der Waals surface area contributed by atoms with Crippen molar-refractivity contribution in [3.8, 4) is 0 Å². The van der Waals surface area contributed by atoms with Crippen molar-refractivity contribution in [1.29, 1.82) is 0 Å². The van der Waals surface area contributed by atoms with Gasteiger partial charge in [0, 0.05) is 36.8 Å². The van der Waals surface area contributed by atoms with E-state index >= 15 is 0 Å². The van der Waals surface area contributed by atoms with Crippen LogP contribution in [0.5, 0.6) is 0 Å². The molecule has 5 heteroatoms. The fourth-order valence-electron chi connectivity index (χ4n) is 2.41. The van der Waals surface area contributed by atoms with Crippen molar-refractivity contribution in [1.82, 2.24) is 9.97 Å². The lowest BCUT2D eigenvalue weighted by Gasteiger charge is -2.28. The minimum atomic E-state index is 0.181. The molecular weight excluding hydrogens is 282 g/mol. The molecule has 3 rings (SSSR count). The third kappa shape index (κ3) is 3.42. The summed E-state index contributed by atoms with van der Waals surface area (Å²) < 4.78 is 0. The highest BCUT2D eigenvalue weighted by Crippen LogP contribution is 2.32. The van der Waals surface area contributed by atoms with Crippen LogP contribution < -0.4 is 4.90 Å². The van der Waals surface area contributed by atoms with Crippen LogP contribution in [0.2, 0.25) is 0 Å². The number of pyridine rings is 2. The molecule has 0 unspecified atom stereocenters. The highest BCUT2D eigenvalue weighted by molar-refractivity contribution is 7.99. The first kappa shape index (κ1) is 14.1. The van der Waals surface area contributed by atoms with Gasteiger partial charge in [0.05, 0.1) is 5.69 Å². The molecule has 1 amide bonds. The lowest BCUT2D eigenvalue weighted by molar-refractivity contribution is -0.118. The number of carbonyl (C=O) groups is 1. The third-order valence-corrected chi connectivity index (χ3v) is 4.42. The summed E-state index contributed by atoms with van der Waals surface area (Å²) in [5.74, 6) is 1.09. The maximum absolute atomic E-state index is 12.4. The standard InChI is InChI=1S/C16H17N3OS/c20-15(8-3-6-13-5-1-2-9-17-13)19-11-12-21-16-14(19)7-4-10-18-16/h1-2,4-5,7,9-10H,3,6,8,11-12H2. The second-order valence-corrected chi connectivity index (χ2v) is 5.98. The molecule has 4 nitrogen and oxygen atoms in total. The second kappa shape index (κ2) is 6.72. The van der Waals surface area contributed by atoms with Gasteiger partial charge in [0.1, 0.15) is 5.03 Å². The Kier molecular flexibility index (Phi) is 4.50. The monoisotopic (exact) mass is 299 g/mol. The summed E-state index contributed by atoms with van der Waals surface area (Å²) in [6.45, 7) is 0.770. The lowest BCUT2D eigenvalue weighted by Crippen LogP contribution is -2.35. The molecule has 0 atom stereocenters. The SMILES string of the molecule is O=C(CCCc1ccccn1)N1CCSc2ncccc21. The van der Waals surface area contributed by atoms with E-state index in [0.29, 0.717) is 6.42 Å². The van der Waals surface area contributed by atoms with E-state index in [1.165, 1.54) is 0 Å². The molecule has 0 saturated heterocycles. The smallest absolute Gasteiger partial charge is 0.227 e. The average Bonchev–Trinajstić information content (AvgIpc) is 2.55. The van der Waals surface area contributed by atoms with Crippen molar-refractivity contribution in [2.24, 2.45) is 0 Å². The van der Waals surface area contributed by atoms with Gasteiger partial charge in [-0.15, -0.1) is 11.8 Å². The molecule has 108 valence electrons. The summed E-state index contributed by atoms with van der Waals surface area (Å²) in [6, 6.07) is 9.75. The molecule has 1 aliphatic rings. The highest BCUT2D eigenvalue weighted by atomic mass is 32.2. The summed E-state index contributed by atoms with van der Waals surface area (Å²) in [5.41, 5.74) is 2.00. The lowest BCUT2D eigenvalue weighted by atomic mass is 10.1. The number of hydrogen-bond acceptors (Lipinski definition) is 4. The molecular formula is C16H17N3OS. The summed E-state index contributed by atoms with van der Waals surface area (Å²) >= 11 is 1.72. The van der Waals surface area contributed by atoms with Crippen molar-refractivity contribution < 1.29 is 4.79 Å². The Morgan fingerprint density at radius 2 is 2.10 bits per heavy atom. The molecule has 0 aromatic carbocycles. The van der Waals surface area contributed by atoms with Crippen LogP contribution in [0.4, 0.5) is 5.69 Å². The number of thioether (sulfide) groups is 1. The van der Waals surface area contributed by atoms with Crippen LogP contribution >= 0.6 is 11.8 Å². The van der Waals surface area contributed by atoms with Crippen LogP contribution in [-0.4, -0.2) is 28.2 Å². The number of aryl methyl sites for hydroxylation is 1. The zero-order valence-electron chi connectivity index (χ0n) is 11.7. The molecule has 0 spiro atoms. The summed E-state index contributed by atoms with van der Waals surface area (Å²) in [4.78, 5) is 22.9. The number of anilines is 1. The Labute approximate surface area is 128 Å². The first-order valence-corrected chi connectivity index (χ1v) is 8.11. The van der Waals surface area contributed by atoms with E-state index in [4.69, 9.17) is 0 Å². The van der Waals surface area contributed by atoms with Gasteiger partial charge in [-0.2, -0.15) is 0 Å². The van der Waals surface area contributed by atoms with Gasteiger partial charge in [0.2, 0.25) is 5.91 Å². The first-order chi connectivity index (χ1) is 10.3. The van der Waals surface area contributed by atoms with Crippen LogP contribution in [0.25, 0.3) is 0 Å². The van der Waals surface area contributed by atoms with Crippen LogP contribution in [0, 0.1) is 0 Å². The summed E-state index contributed by atoms with van der Waals surface area (Å²) in [6.07, 6.45) is 5.79. The van der Waals surface area contributed by atoms with E-state index in [9.17, 15) is 4.79 Å². The second-order valence-electron chi connectivity index (χ2n) is 4.90. The normalized spacial score (nSPS) is 13.8. The predicted octanol–water partition coefficient (Wildman–Crippen LogP) is 2.94. The van der Waals surface area contributed by atoms with E-state index in [0.717, 1.165) is 41.5 Å². The van der Waals surface area contributed by atoms with E-state index in [2.05, 4.69) is 9.97 Å². The molecule has 1 aliphatic heterocycles. The quantitative estimate of drug-likeness (QED) is 0.871. The van der Waals surface area contributed by atoms with E-state index in [-0.39, 0.29) is 5.91 Å². The Hall–Kier alpha value is -1.88. The Bertz CT molecular complexity index is 618. The number of aromatic nitrogens is 2. The van der Waals surface area contributed by atoms with E-state index in [1.54, 1.807) is 24.2 Å².